The second-order valence-electron chi connectivity index (χ2n) is 5.30. The minimum absolute atomic E-state index is 0.0340. The first-order valence-corrected chi connectivity index (χ1v) is 7.35. The summed E-state index contributed by atoms with van der Waals surface area (Å²) < 4.78 is 19.3. The fraction of sp³-hybridized carbons (Fsp3) is 0.111. The van der Waals surface area contributed by atoms with E-state index in [1.54, 1.807) is 0 Å². The molecule has 1 aliphatic rings. The van der Waals surface area contributed by atoms with Crippen molar-refractivity contribution in [1.82, 2.24) is 0 Å². The summed E-state index contributed by atoms with van der Waals surface area (Å²) in [5, 5.41) is 5.01. The zero-order valence-electron chi connectivity index (χ0n) is 12.7. The Hall–Kier alpha value is -3.15. The minimum Gasteiger partial charge on any atom is -0.480 e. The van der Waals surface area contributed by atoms with Crippen LogP contribution in [-0.4, -0.2) is 17.9 Å². The average molecular weight is 326 g/mol. The van der Waals surface area contributed by atoms with Crippen molar-refractivity contribution in [1.29, 1.82) is 0 Å². The molecule has 0 saturated heterocycles. The SMILES string of the molecule is C=CC(=O)Nc1cc(NC(=O)C2Cc3ccccc3O2)ccc1F. The number of carbonyl (C=O) groups excluding carboxylic acids is 2. The van der Waals surface area contributed by atoms with Gasteiger partial charge in [-0.2, -0.15) is 0 Å². The number of hydrogen-bond donors (Lipinski definition) is 2. The summed E-state index contributed by atoms with van der Waals surface area (Å²) in [5.41, 5.74) is 1.30. The number of benzene rings is 2. The molecule has 2 aromatic carbocycles. The molecule has 5 nitrogen and oxygen atoms in total. The van der Waals surface area contributed by atoms with Crippen molar-refractivity contribution in [3.05, 3.63) is 66.5 Å². The van der Waals surface area contributed by atoms with E-state index in [2.05, 4.69) is 17.2 Å². The van der Waals surface area contributed by atoms with Gasteiger partial charge >= 0.3 is 0 Å². The van der Waals surface area contributed by atoms with Gasteiger partial charge in [-0.3, -0.25) is 9.59 Å². The first-order valence-electron chi connectivity index (χ1n) is 7.35. The lowest BCUT2D eigenvalue weighted by Gasteiger charge is -2.13. The van der Waals surface area contributed by atoms with Gasteiger partial charge < -0.3 is 15.4 Å². The summed E-state index contributed by atoms with van der Waals surface area (Å²) in [6.07, 6.45) is 0.871. The van der Waals surface area contributed by atoms with E-state index in [0.29, 0.717) is 17.9 Å². The normalized spacial score (nSPS) is 15.1. The van der Waals surface area contributed by atoms with Gasteiger partial charge in [0.05, 0.1) is 5.69 Å². The first kappa shape index (κ1) is 15.7. The second kappa shape index (κ2) is 6.54. The largest absolute Gasteiger partial charge is 0.480 e. The van der Waals surface area contributed by atoms with Crippen molar-refractivity contribution < 1.29 is 18.7 Å². The summed E-state index contributed by atoms with van der Waals surface area (Å²) in [7, 11) is 0. The lowest BCUT2D eigenvalue weighted by Crippen LogP contribution is -2.31. The van der Waals surface area contributed by atoms with Gasteiger partial charge in [-0.15, -0.1) is 0 Å². The standard InChI is InChI=1S/C18H15FN2O3/c1-2-17(22)21-14-10-12(7-8-13(14)19)20-18(23)16-9-11-5-3-4-6-15(11)24-16/h2-8,10,16H,1,9H2,(H,20,23)(H,21,22). The Balaban J connectivity index is 1.70. The number of carbonyl (C=O) groups is 2. The van der Waals surface area contributed by atoms with E-state index >= 15 is 0 Å². The summed E-state index contributed by atoms with van der Waals surface area (Å²) >= 11 is 0. The van der Waals surface area contributed by atoms with Crippen molar-refractivity contribution in [2.24, 2.45) is 0 Å². The highest BCUT2D eigenvalue weighted by atomic mass is 19.1. The number of para-hydroxylation sites is 1. The summed E-state index contributed by atoms with van der Waals surface area (Å²) in [6, 6.07) is 11.4. The molecule has 6 heteroatoms. The number of hydrogen-bond acceptors (Lipinski definition) is 3. The summed E-state index contributed by atoms with van der Waals surface area (Å²) in [6.45, 7) is 3.31. The highest BCUT2D eigenvalue weighted by Gasteiger charge is 2.28. The molecule has 0 spiro atoms. The van der Waals surface area contributed by atoms with Crippen LogP contribution >= 0.6 is 0 Å². The van der Waals surface area contributed by atoms with E-state index in [0.717, 1.165) is 11.6 Å². The molecular weight excluding hydrogens is 311 g/mol. The fourth-order valence-electron chi connectivity index (χ4n) is 2.43. The highest BCUT2D eigenvalue weighted by molar-refractivity contribution is 6.00. The van der Waals surface area contributed by atoms with Crippen molar-refractivity contribution >= 4 is 23.2 Å². The van der Waals surface area contributed by atoms with Crippen LogP contribution in [0.2, 0.25) is 0 Å². The van der Waals surface area contributed by atoms with Gasteiger partial charge in [0.15, 0.2) is 6.10 Å². The van der Waals surface area contributed by atoms with Crippen LogP contribution in [0.4, 0.5) is 15.8 Å². The lowest BCUT2D eigenvalue weighted by atomic mass is 10.1. The molecule has 2 amide bonds. The molecule has 1 aliphatic heterocycles. The Morgan fingerprint density at radius 1 is 1.21 bits per heavy atom. The van der Waals surface area contributed by atoms with Crippen LogP contribution in [0.15, 0.2) is 55.1 Å². The van der Waals surface area contributed by atoms with Gasteiger partial charge in [0.25, 0.3) is 5.91 Å². The predicted octanol–water partition coefficient (Wildman–Crippen LogP) is 2.89. The smallest absolute Gasteiger partial charge is 0.265 e. The van der Waals surface area contributed by atoms with Crippen LogP contribution in [0.1, 0.15) is 5.56 Å². The van der Waals surface area contributed by atoms with Gasteiger partial charge in [-0.1, -0.05) is 24.8 Å². The third-order valence-electron chi connectivity index (χ3n) is 3.62. The Morgan fingerprint density at radius 3 is 2.75 bits per heavy atom. The molecule has 0 aromatic heterocycles. The molecule has 3 rings (SSSR count). The quantitative estimate of drug-likeness (QED) is 0.849. The molecule has 1 atom stereocenters. The van der Waals surface area contributed by atoms with Crippen LogP contribution in [0.3, 0.4) is 0 Å². The Bertz CT molecular complexity index is 795. The van der Waals surface area contributed by atoms with Crippen LogP contribution in [-0.2, 0) is 16.0 Å². The Kier molecular flexibility index (Phi) is 4.29. The van der Waals surface area contributed by atoms with E-state index in [9.17, 15) is 14.0 Å². The molecule has 122 valence electrons. The number of fused-ring (bicyclic) bond motifs is 1. The maximum atomic E-state index is 13.7. The first-order chi connectivity index (χ1) is 11.6. The van der Waals surface area contributed by atoms with E-state index in [4.69, 9.17) is 4.74 Å². The molecule has 2 N–H and O–H groups in total. The number of nitrogens with one attached hydrogen (secondary N) is 2. The maximum absolute atomic E-state index is 13.7. The zero-order chi connectivity index (χ0) is 17.1. The molecule has 2 aromatic rings. The van der Waals surface area contributed by atoms with Gasteiger partial charge in [0.2, 0.25) is 5.91 Å². The average Bonchev–Trinajstić information content (AvgIpc) is 3.02. The van der Waals surface area contributed by atoms with Gasteiger partial charge in [0, 0.05) is 12.1 Å². The summed E-state index contributed by atoms with van der Waals surface area (Å²) in [4.78, 5) is 23.6. The fourth-order valence-corrected chi connectivity index (χ4v) is 2.43. The third kappa shape index (κ3) is 3.27. The number of halogens is 1. The summed E-state index contributed by atoms with van der Waals surface area (Å²) in [5.74, 6) is -0.783. The Morgan fingerprint density at radius 2 is 2.00 bits per heavy atom. The third-order valence-corrected chi connectivity index (χ3v) is 3.62. The molecule has 0 aliphatic carbocycles. The molecule has 24 heavy (non-hydrogen) atoms. The molecule has 0 bridgehead atoms. The monoisotopic (exact) mass is 326 g/mol. The van der Waals surface area contributed by atoms with Crippen molar-refractivity contribution in [2.75, 3.05) is 10.6 Å². The molecule has 0 saturated carbocycles. The van der Waals surface area contributed by atoms with Crippen molar-refractivity contribution in [3.8, 4) is 5.75 Å². The van der Waals surface area contributed by atoms with Crippen LogP contribution < -0.4 is 15.4 Å². The molecule has 0 fully saturated rings. The van der Waals surface area contributed by atoms with Gasteiger partial charge in [-0.05, 0) is 35.9 Å². The number of ether oxygens (including phenoxy) is 1. The topological polar surface area (TPSA) is 67.4 Å². The van der Waals surface area contributed by atoms with Gasteiger partial charge in [0.1, 0.15) is 11.6 Å². The molecule has 1 unspecified atom stereocenters. The van der Waals surface area contributed by atoms with Gasteiger partial charge in [-0.25, -0.2) is 4.39 Å². The molecule has 1 heterocycles. The second-order valence-corrected chi connectivity index (χ2v) is 5.30. The number of rotatable bonds is 4. The van der Waals surface area contributed by atoms with E-state index in [-0.39, 0.29) is 11.6 Å². The van der Waals surface area contributed by atoms with Crippen molar-refractivity contribution in [3.63, 3.8) is 0 Å². The van der Waals surface area contributed by atoms with Crippen LogP contribution in [0.5, 0.6) is 5.75 Å². The molecule has 0 radical (unpaired) electrons. The maximum Gasteiger partial charge on any atom is 0.265 e. The Labute approximate surface area is 138 Å². The number of amides is 2. The predicted molar refractivity (Wildman–Crippen MR) is 88.4 cm³/mol. The van der Waals surface area contributed by atoms with E-state index < -0.39 is 17.8 Å². The zero-order valence-corrected chi connectivity index (χ0v) is 12.7. The van der Waals surface area contributed by atoms with Crippen LogP contribution in [0, 0.1) is 5.82 Å². The molecular formula is C18H15FN2O3. The van der Waals surface area contributed by atoms with E-state index in [1.807, 2.05) is 24.3 Å². The van der Waals surface area contributed by atoms with E-state index in [1.165, 1.54) is 18.2 Å². The minimum atomic E-state index is -0.640. The lowest BCUT2D eigenvalue weighted by molar-refractivity contribution is -0.122. The number of anilines is 2. The highest BCUT2D eigenvalue weighted by Crippen LogP contribution is 2.29. The van der Waals surface area contributed by atoms with Crippen LogP contribution in [0.25, 0.3) is 0 Å². The van der Waals surface area contributed by atoms with Crippen molar-refractivity contribution in [2.45, 2.75) is 12.5 Å².